The van der Waals surface area contributed by atoms with Gasteiger partial charge in [0.1, 0.15) is 16.5 Å². The molecule has 1 saturated heterocycles. The average Bonchev–Trinajstić information content (AvgIpc) is 3.09. The van der Waals surface area contributed by atoms with Crippen molar-refractivity contribution in [3.63, 3.8) is 0 Å². The van der Waals surface area contributed by atoms with Crippen LogP contribution < -0.4 is 0 Å². The first-order valence-electron chi connectivity index (χ1n) is 8.25. The van der Waals surface area contributed by atoms with E-state index in [2.05, 4.69) is 15.1 Å². The third-order valence-corrected chi connectivity index (χ3v) is 5.34. The van der Waals surface area contributed by atoms with Crippen LogP contribution in [0.4, 0.5) is 0 Å². The first-order chi connectivity index (χ1) is 12.0. The molecular weight excluding hydrogens is 334 g/mol. The summed E-state index contributed by atoms with van der Waals surface area (Å²) in [6.45, 7) is 7.09. The lowest BCUT2D eigenvalue weighted by atomic mass is 10.1. The highest BCUT2D eigenvalue weighted by Crippen LogP contribution is 2.32. The van der Waals surface area contributed by atoms with Crippen molar-refractivity contribution in [1.82, 2.24) is 24.6 Å². The topological polar surface area (TPSA) is 63.9 Å². The fourth-order valence-corrected chi connectivity index (χ4v) is 4.07. The summed E-state index contributed by atoms with van der Waals surface area (Å²) in [5.41, 5.74) is 1.76. The van der Waals surface area contributed by atoms with Crippen LogP contribution in [0.15, 0.2) is 30.3 Å². The zero-order valence-electron chi connectivity index (χ0n) is 14.4. The number of hydrogen-bond acceptors (Lipinski definition) is 5. The smallest absolute Gasteiger partial charge is 0.266 e. The average molecular weight is 353 g/mol. The molecule has 7 heteroatoms. The molecule has 0 bridgehead atoms. The number of likely N-dealkylation sites (tertiary alicyclic amines) is 1. The van der Waals surface area contributed by atoms with Crippen molar-refractivity contribution in [3.05, 3.63) is 51.9 Å². The molecule has 0 saturated carbocycles. The third-order valence-electron chi connectivity index (χ3n) is 4.38. The van der Waals surface area contributed by atoms with Gasteiger partial charge in [-0.3, -0.25) is 4.79 Å². The van der Waals surface area contributed by atoms with Gasteiger partial charge in [0.15, 0.2) is 0 Å². The molecule has 0 N–H and O–H groups in total. The maximum Gasteiger partial charge on any atom is 0.266 e. The van der Waals surface area contributed by atoms with E-state index in [0.29, 0.717) is 18.0 Å². The molecule has 25 heavy (non-hydrogen) atoms. The quantitative estimate of drug-likeness (QED) is 0.726. The summed E-state index contributed by atoms with van der Waals surface area (Å²) in [4.78, 5) is 24.5. The summed E-state index contributed by atoms with van der Waals surface area (Å²) in [5, 5.41) is 5.33. The van der Waals surface area contributed by atoms with Crippen LogP contribution in [0.25, 0.3) is 11.3 Å². The van der Waals surface area contributed by atoms with Crippen LogP contribution in [-0.4, -0.2) is 43.6 Å². The molecule has 0 atom stereocenters. The molecule has 1 aliphatic rings. The molecule has 0 aliphatic carbocycles. The van der Waals surface area contributed by atoms with Crippen molar-refractivity contribution in [2.45, 2.75) is 26.8 Å². The molecule has 1 aliphatic heterocycles. The van der Waals surface area contributed by atoms with Crippen molar-refractivity contribution in [2.24, 2.45) is 0 Å². The molecule has 4 rings (SSSR count). The summed E-state index contributed by atoms with van der Waals surface area (Å²) in [5.74, 6) is 1.72. The van der Waals surface area contributed by atoms with Gasteiger partial charge in [0.2, 0.25) is 0 Å². The van der Waals surface area contributed by atoms with Gasteiger partial charge in [-0.05, 0) is 20.8 Å². The molecule has 0 unspecified atom stereocenters. The predicted octanol–water partition coefficient (Wildman–Crippen LogP) is 3.02. The fraction of sp³-hybridized carbons (Fsp3) is 0.333. The van der Waals surface area contributed by atoms with Crippen LogP contribution in [0.2, 0.25) is 0 Å². The maximum absolute atomic E-state index is 13.0. The zero-order chi connectivity index (χ0) is 17.6. The minimum Gasteiger partial charge on any atom is -0.333 e. The normalized spacial score (nSPS) is 14.6. The van der Waals surface area contributed by atoms with Gasteiger partial charge in [-0.2, -0.15) is 5.10 Å². The highest BCUT2D eigenvalue weighted by atomic mass is 32.1. The van der Waals surface area contributed by atoms with Crippen LogP contribution in [0.5, 0.6) is 0 Å². The van der Waals surface area contributed by atoms with Crippen molar-refractivity contribution in [2.75, 3.05) is 13.1 Å². The van der Waals surface area contributed by atoms with E-state index in [1.165, 1.54) is 11.3 Å². The number of aryl methyl sites for hydroxylation is 3. The Labute approximate surface area is 150 Å². The molecule has 0 radical (unpaired) electrons. The summed E-state index contributed by atoms with van der Waals surface area (Å²) in [7, 11) is 0. The number of benzene rings is 1. The van der Waals surface area contributed by atoms with Gasteiger partial charge in [-0.15, -0.1) is 11.3 Å². The largest absolute Gasteiger partial charge is 0.333 e. The van der Waals surface area contributed by atoms with E-state index in [0.717, 1.165) is 27.9 Å². The number of hydrogen-bond donors (Lipinski definition) is 0. The van der Waals surface area contributed by atoms with E-state index in [1.54, 1.807) is 0 Å². The Bertz CT molecular complexity index is 924. The molecule has 1 fully saturated rings. The van der Waals surface area contributed by atoms with Gasteiger partial charge < -0.3 is 4.90 Å². The predicted molar refractivity (Wildman–Crippen MR) is 96.7 cm³/mol. The van der Waals surface area contributed by atoms with E-state index in [9.17, 15) is 4.79 Å². The van der Waals surface area contributed by atoms with Crippen LogP contribution >= 0.6 is 11.3 Å². The number of carbonyl (C=O) groups excluding carboxylic acids is 1. The van der Waals surface area contributed by atoms with Gasteiger partial charge in [-0.25, -0.2) is 14.6 Å². The Balaban J connectivity index is 1.55. The molecule has 3 aromatic rings. The second-order valence-corrected chi connectivity index (χ2v) is 7.49. The van der Waals surface area contributed by atoms with Gasteiger partial charge >= 0.3 is 0 Å². The lowest BCUT2D eigenvalue weighted by Gasteiger charge is -2.39. The Morgan fingerprint density at radius 1 is 1.12 bits per heavy atom. The lowest BCUT2D eigenvalue weighted by molar-refractivity contribution is 0.0502. The first kappa shape index (κ1) is 16.0. The standard InChI is InChI=1S/C18H19N5OS/c1-11-19-12(2)23(21-11)15-9-22(10-15)18(24)17-16(20-13(3)25-17)14-7-5-4-6-8-14/h4-8,15H,9-10H2,1-3H3. The molecule has 2 aromatic heterocycles. The van der Waals surface area contributed by atoms with Crippen molar-refractivity contribution in [1.29, 1.82) is 0 Å². The second-order valence-electron chi connectivity index (χ2n) is 6.29. The van der Waals surface area contributed by atoms with Gasteiger partial charge in [0, 0.05) is 18.7 Å². The van der Waals surface area contributed by atoms with Gasteiger partial charge in [0.05, 0.1) is 16.7 Å². The number of thiazole rings is 1. The van der Waals surface area contributed by atoms with Crippen LogP contribution in [0, 0.1) is 20.8 Å². The van der Waals surface area contributed by atoms with E-state index in [4.69, 9.17) is 0 Å². The van der Waals surface area contributed by atoms with E-state index < -0.39 is 0 Å². The van der Waals surface area contributed by atoms with Gasteiger partial charge in [0.25, 0.3) is 5.91 Å². The molecule has 128 valence electrons. The number of rotatable bonds is 3. The van der Waals surface area contributed by atoms with Gasteiger partial charge in [-0.1, -0.05) is 30.3 Å². The SMILES string of the molecule is Cc1nc(C)n(C2CN(C(=O)c3sc(C)nc3-c3ccccc3)C2)n1. The van der Waals surface area contributed by atoms with E-state index >= 15 is 0 Å². The van der Waals surface area contributed by atoms with Crippen molar-refractivity contribution < 1.29 is 4.79 Å². The summed E-state index contributed by atoms with van der Waals surface area (Å²) in [6, 6.07) is 10.1. The minimum atomic E-state index is 0.0511. The Morgan fingerprint density at radius 3 is 2.48 bits per heavy atom. The van der Waals surface area contributed by atoms with Crippen molar-refractivity contribution >= 4 is 17.2 Å². The van der Waals surface area contributed by atoms with Crippen molar-refractivity contribution in [3.8, 4) is 11.3 Å². The number of aromatic nitrogens is 4. The van der Waals surface area contributed by atoms with Crippen LogP contribution in [0.3, 0.4) is 0 Å². The summed E-state index contributed by atoms with van der Waals surface area (Å²) >= 11 is 1.46. The number of carbonyl (C=O) groups is 1. The molecule has 1 amide bonds. The first-order valence-corrected chi connectivity index (χ1v) is 9.06. The molecule has 0 spiro atoms. The van der Waals surface area contributed by atoms with E-state index in [-0.39, 0.29) is 11.9 Å². The number of amides is 1. The lowest BCUT2D eigenvalue weighted by Crippen LogP contribution is -2.51. The third kappa shape index (κ3) is 2.84. The molecular formula is C18H19N5OS. The fourth-order valence-electron chi connectivity index (χ4n) is 3.17. The zero-order valence-corrected chi connectivity index (χ0v) is 15.2. The molecule has 6 nitrogen and oxygen atoms in total. The minimum absolute atomic E-state index is 0.0511. The van der Waals surface area contributed by atoms with Crippen LogP contribution in [0.1, 0.15) is 32.4 Å². The Kier molecular flexibility index (Phi) is 3.88. The van der Waals surface area contributed by atoms with Crippen LogP contribution in [-0.2, 0) is 0 Å². The Morgan fingerprint density at radius 2 is 1.84 bits per heavy atom. The Hall–Kier alpha value is -2.54. The maximum atomic E-state index is 13.0. The summed E-state index contributed by atoms with van der Waals surface area (Å²) < 4.78 is 1.93. The van der Waals surface area contributed by atoms with E-state index in [1.807, 2.05) is 60.7 Å². The second kappa shape index (κ2) is 6.07. The highest BCUT2D eigenvalue weighted by Gasteiger charge is 2.36. The summed E-state index contributed by atoms with van der Waals surface area (Å²) in [6.07, 6.45) is 0. The molecule has 1 aromatic carbocycles. The number of nitrogens with zero attached hydrogens (tertiary/aromatic N) is 5. The molecule has 3 heterocycles. The monoisotopic (exact) mass is 353 g/mol. The highest BCUT2D eigenvalue weighted by molar-refractivity contribution is 7.14.